The second-order valence-electron chi connectivity index (χ2n) is 6.24. The Kier molecular flexibility index (Phi) is 6.25. The summed E-state index contributed by atoms with van der Waals surface area (Å²) in [6.07, 6.45) is 4.74. The number of morpholine rings is 1. The Morgan fingerprint density at radius 2 is 2.20 bits per heavy atom. The summed E-state index contributed by atoms with van der Waals surface area (Å²) in [5.74, 6) is 0.937. The van der Waals surface area contributed by atoms with Gasteiger partial charge in [-0.1, -0.05) is 12.1 Å². The van der Waals surface area contributed by atoms with Gasteiger partial charge in [-0.05, 0) is 18.1 Å². The predicted octanol–water partition coefficient (Wildman–Crippen LogP) is 1.41. The van der Waals surface area contributed by atoms with Crippen LogP contribution in [0.25, 0.3) is 0 Å². The molecule has 1 saturated heterocycles. The first-order valence-electron chi connectivity index (χ1n) is 8.74. The third kappa shape index (κ3) is 4.70. The van der Waals surface area contributed by atoms with Crippen LogP contribution >= 0.6 is 0 Å². The largest absolute Gasteiger partial charge is 0.380 e. The molecule has 0 bridgehead atoms. The lowest BCUT2D eigenvalue weighted by Gasteiger charge is -2.30. The highest BCUT2D eigenvalue weighted by atomic mass is 16.5. The summed E-state index contributed by atoms with van der Waals surface area (Å²) in [5.41, 5.74) is 2.29. The van der Waals surface area contributed by atoms with Crippen LogP contribution in [0.15, 0.2) is 30.0 Å². The van der Waals surface area contributed by atoms with Crippen molar-refractivity contribution < 1.29 is 14.3 Å². The van der Waals surface area contributed by atoms with Gasteiger partial charge in [0.25, 0.3) is 0 Å². The van der Waals surface area contributed by atoms with Crippen LogP contribution in [0.1, 0.15) is 12.0 Å². The molecule has 1 N–H and O–H groups in total. The van der Waals surface area contributed by atoms with E-state index in [9.17, 15) is 4.79 Å². The number of aromatic nitrogens is 1. The van der Waals surface area contributed by atoms with Crippen LogP contribution in [0.2, 0.25) is 0 Å². The van der Waals surface area contributed by atoms with Crippen LogP contribution in [-0.4, -0.2) is 69.0 Å². The molecule has 0 spiro atoms. The second-order valence-corrected chi connectivity index (χ2v) is 6.24. The number of methoxy groups -OCH3 is 1. The summed E-state index contributed by atoms with van der Waals surface area (Å²) in [7, 11) is 1.69. The van der Waals surface area contributed by atoms with E-state index in [0.29, 0.717) is 32.9 Å². The van der Waals surface area contributed by atoms with Gasteiger partial charge in [-0.3, -0.25) is 0 Å². The third-order valence-electron chi connectivity index (χ3n) is 4.53. The molecule has 1 aromatic rings. The zero-order valence-electron chi connectivity index (χ0n) is 14.7. The molecule has 1 aromatic heterocycles. The number of carbonyl (C=O) groups excluding carboxylic acids is 1. The quantitative estimate of drug-likeness (QED) is 0.817. The van der Waals surface area contributed by atoms with Crippen molar-refractivity contribution in [2.45, 2.75) is 13.0 Å². The summed E-state index contributed by atoms with van der Waals surface area (Å²) in [6.45, 7) is 5.57. The highest BCUT2D eigenvalue weighted by molar-refractivity contribution is 5.74. The SMILES string of the molecule is COCC1=CCN(C(=O)NCc2cccnc2N2CCOCC2)CC1. The minimum Gasteiger partial charge on any atom is -0.380 e. The van der Waals surface area contributed by atoms with E-state index in [4.69, 9.17) is 9.47 Å². The minimum atomic E-state index is -0.0375. The standard InChI is InChI=1S/C18H26N4O3/c1-24-14-15-4-7-22(8-5-15)18(23)20-13-16-3-2-6-19-17(16)21-9-11-25-12-10-21/h2-4,6H,5,7-14H2,1H3,(H,20,23). The summed E-state index contributed by atoms with van der Waals surface area (Å²) in [6, 6.07) is 3.89. The predicted molar refractivity (Wildman–Crippen MR) is 95.7 cm³/mol. The molecule has 2 amide bonds. The van der Waals surface area contributed by atoms with Gasteiger partial charge in [-0.15, -0.1) is 0 Å². The van der Waals surface area contributed by atoms with Crippen molar-refractivity contribution in [1.29, 1.82) is 0 Å². The van der Waals surface area contributed by atoms with Gasteiger partial charge in [0.2, 0.25) is 0 Å². The number of hydrogen-bond acceptors (Lipinski definition) is 5. The number of anilines is 1. The summed E-state index contributed by atoms with van der Waals surface area (Å²) < 4.78 is 10.5. The van der Waals surface area contributed by atoms with E-state index in [-0.39, 0.29) is 6.03 Å². The normalized spacial score (nSPS) is 18.0. The lowest BCUT2D eigenvalue weighted by molar-refractivity contribution is 0.122. The molecule has 3 heterocycles. The van der Waals surface area contributed by atoms with Gasteiger partial charge >= 0.3 is 6.03 Å². The van der Waals surface area contributed by atoms with Crippen molar-refractivity contribution in [2.24, 2.45) is 0 Å². The number of nitrogens with one attached hydrogen (secondary N) is 1. The Labute approximate surface area is 148 Å². The van der Waals surface area contributed by atoms with E-state index in [1.807, 2.05) is 17.0 Å². The average Bonchev–Trinajstić information content (AvgIpc) is 2.68. The molecule has 0 atom stereocenters. The molecule has 0 unspecified atom stereocenters. The molecule has 7 nitrogen and oxygen atoms in total. The van der Waals surface area contributed by atoms with Crippen molar-refractivity contribution in [2.75, 3.05) is 58.0 Å². The number of hydrogen-bond donors (Lipinski definition) is 1. The monoisotopic (exact) mass is 346 g/mol. The van der Waals surface area contributed by atoms with E-state index in [0.717, 1.165) is 37.4 Å². The molecule has 2 aliphatic heterocycles. The molecule has 25 heavy (non-hydrogen) atoms. The molecule has 0 radical (unpaired) electrons. The van der Waals surface area contributed by atoms with Gasteiger partial charge in [0.05, 0.1) is 19.8 Å². The van der Waals surface area contributed by atoms with E-state index in [1.165, 1.54) is 5.57 Å². The van der Waals surface area contributed by atoms with Gasteiger partial charge < -0.3 is 24.6 Å². The Morgan fingerprint density at radius 1 is 1.36 bits per heavy atom. The maximum atomic E-state index is 12.4. The van der Waals surface area contributed by atoms with E-state index in [2.05, 4.69) is 21.3 Å². The zero-order chi connectivity index (χ0) is 17.5. The first-order chi connectivity index (χ1) is 12.3. The van der Waals surface area contributed by atoms with E-state index < -0.39 is 0 Å². The highest BCUT2D eigenvalue weighted by Crippen LogP contribution is 2.18. The van der Waals surface area contributed by atoms with Gasteiger partial charge in [0, 0.05) is 51.6 Å². The van der Waals surface area contributed by atoms with Crippen LogP contribution in [0.4, 0.5) is 10.6 Å². The number of ether oxygens (including phenoxy) is 2. The maximum absolute atomic E-state index is 12.4. The lowest BCUT2D eigenvalue weighted by Crippen LogP contribution is -2.42. The van der Waals surface area contributed by atoms with E-state index in [1.54, 1.807) is 13.3 Å². The van der Waals surface area contributed by atoms with Crippen LogP contribution < -0.4 is 10.2 Å². The molecule has 3 rings (SSSR count). The average molecular weight is 346 g/mol. The fraction of sp³-hybridized carbons (Fsp3) is 0.556. The fourth-order valence-electron chi connectivity index (χ4n) is 3.12. The van der Waals surface area contributed by atoms with Gasteiger partial charge in [-0.2, -0.15) is 0 Å². The minimum absolute atomic E-state index is 0.0375. The number of carbonyl (C=O) groups is 1. The number of rotatable bonds is 5. The number of pyridine rings is 1. The van der Waals surface area contributed by atoms with Gasteiger partial charge in [0.15, 0.2) is 0 Å². The molecule has 136 valence electrons. The lowest BCUT2D eigenvalue weighted by atomic mass is 10.1. The molecule has 0 aromatic carbocycles. The van der Waals surface area contributed by atoms with Crippen molar-refractivity contribution in [3.05, 3.63) is 35.5 Å². The van der Waals surface area contributed by atoms with Crippen molar-refractivity contribution in [3.8, 4) is 0 Å². The molecule has 0 aliphatic carbocycles. The van der Waals surface area contributed by atoms with Gasteiger partial charge in [-0.25, -0.2) is 9.78 Å². The Balaban J connectivity index is 1.56. The fourth-order valence-corrected chi connectivity index (χ4v) is 3.12. The smallest absolute Gasteiger partial charge is 0.317 e. The first-order valence-corrected chi connectivity index (χ1v) is 8.74. The van der Waals surface area contributed by atoms with Crippen molar-refractivity contribution in [1.82, 2.24) is 15.2 Å². The topological polar surface area (TPSA) is 66.9 Å². The Bertz CT molecular complexity index is 614. The molecular weight excluding hydrogens is 320 g/mol. The van der Waals surface area contributed by atoms with E-state index >= 15 is 0 Å². The molecule has 0 saturated carbocycles. The Morgan fingerprint density at radius 3 is 2.92 bits per heavy atom. The molecular formula is C18H26N4O3. The zero-order valence-corrected chi connectivity index (χ0v) is 14.7. The molecule has 2 aliphatic rings. The van der Waals surface area contributed by atoms with Crippen molar-refractivity contribution in [3.63, 3.8) is 0 Å². The van der Waals surface area contributed by atoms with Crippen molar-refractivity contribution >= 4 is 11.8 Å². The summed E-state index contributed by atoms with van der Waals surface area (Å²) >= 11 is 0. The van der Waals surface area contributed by atoms with Crippen LogP contribution in [0.5, 0.6) is 0 Å². The van der Waals surface area contributed by atoms with Crippen LogP contribution in [0.3, 0.4) is 0 Å². The number of nitrogens with zero attached hydrogens (tertiary/aromatic N) is 3. The third-order valence-corrected chi connectivity index (χ3v) is 4.53. The second kappa shape index (κ2) is 8.82. The van der Waals surface area contributed by atoms with Crippen LogP contribution in [-0.2, 0) is 16.0 Å². The first kappa shape index (κ1) is 17.7. The number of urea groups is 1. The Hall–Kier alpha value is -2.12. The molecule has 1 fully saturated rings. The molecule has 7 heteroatoms. The maximum Gasteiger partial charge on any atom is 0.317 e. The highest BCUT2D eigenvalue weighted by Gasteiger charge is 2.19. The summed E-state index contributed by atoms with van der Waals surface area (Å²) in [5, 5.41) is 3.02. The number of amides is 2. The van der Waals surface area contributed by atoms with Crippen LogP contribution in [0, 0.1) is 0 Å². The van der Waals surface area contributed by atoms with Gasteiger partial charge in [0.1, 0.15) is 5.82 Å². The summed E-state index contributed by atoms with van der Waals surface area (Å²) in [4.78, 5) is 21.0.